The van der Waals surface area contributed by atoms with E-state index in [1.165, 1.54) is 16.3 Å². The van der Waals surface area contributed by atoms with Crippen molar-refractivity contribution >= 4 is 10.8 Å². The first kappa shape index (κ1) is 16.0. The Kier molecular flexibility index (Phi) is 4.99. The van der Waals surface area contributed by atoms with Crippen LogP contribution in [0.1, 0.15) is 39.3 Å². The van der Waals surface area contributed by atoms with Gasteiger partial charge in [-0.25, -0.2) is 0 Å². The van der Waals surface area contributed by atoms with Gasteiger partial charge in [-0.15, -0.1) is 0 Å². The Hall–Kier alpha value is -1.42. The van der Waals surface area contributed by atoms with Crippen LogP contribution in [0.3, 0.4) is 0 Å². The quantitative estimate of drug-likeness (QED) is 0.649. The summed E-state index contributed by atoms with van der Waals surface area (Å²) >= 11 is 0. The molecule has 0 spiro atoms. The minimum Gasteiger partial charge on any atom is -0.376 e. The van der Waals surface area contributed by atoms with E-state index < -0.39 is 0 Å². The van der Waals surface area contributed by atoms with Crippen LogP contribution in [-0.2, 0) is 4.74 Å². The predicted octanol–water partition coefficient (Wildman–Crippen LogP) is 3.80. The Morgan fingerprint density at radius 3 is 2.38 bits per heavy atom. The molecule has 0 aliphatic rings. The zero-order valence-electron chi connectivity index (χ0n) is 13.4. The van der Waals surface area contributed by atoms with Gasteiger partial charge in [-0.3, -0.25) is 11.3 Å². The van der Waals surface area contributed by atoms with Gasteiger partial charge in [0, 0.05) is 6.61 Å². The molecule has 0 heterocycles. The molecule has 0 saturated carbocycles. The summed E-state index contributed by atoms with van der Waals surface area (Å²) in [5.41, 5.74) is 4.15. The van der Waals surface area contributed by atoms with E-state index in [9.17, 15) is 0 Å². The van der Waals surface area contributed by atoms with E-state index in [0.29, 0.717) is 6.61 Å². The first-order chi connectivity index (χ1) is 9.99. The Labute approximate surface area is 127 Å². The van der Waals surface area contributed by atoms with Gasteiger partial charge in [-0.2, -0.15) is 0 Å². The fourth-order valence-electron chi connectivity index (χ4n) is 2.89. The third-order valence-electron chi connectivity index (χ3n) is 3.84. The van der Waals surface area contributed by atoms with Crippen LogP contribution in [0.5, 0.6) is 0 Å². The Morgan fingerprint density at radius 1 is 1.10 bits per heavy atom. The first-order valence-corrected chi connectivity index (χ1v) is 7.54. The minimum absolute atomic E-state index is 0.00157. The van der Waals surface area contributed by atoms with Crippen molar-refractivity contribution in [2.45, 2.75) is 39.8 Å². The van der Waals surface area contributed by atoms with E-state index in [1.807, 2.05) is 6.92 Å². The molecule has 21 heavy (non-hydrogen) atoms. The Balaban J connectivity index is 2.52. The average molecular weight is 286 g/mol. The normalized spacial score (nSPS) is 15.1. The summed E-state index contributed by atoms with van der Waals surface area (Å²) in [7, 11) is 0. The van der Waals surface area contributed by atoms with Crippen molar-refractivity contribution in [1.82, 2.24) is 5.43 Å². The van der Waals surface area contributed by atoms with Gasteiger partial charge in [-0.05, 0) is 28.7 Å². The Bertz CT molecular complexity index is 584. The lowest BCUT2D eigenvalue weighted by Crippen LogP contribution is -2.44. The van der Waals surface area contributed by atoms with E-state index in [0.717, 1.165) is 0 Å². The van der Waals surface area contributed by atoms with Crippen LogP contribution in [0.15, 0.2) is 42.5 Å². The van der Waals surface area contributed by atoms with Crippen LogP contribution in [0.25, 0.3) is 10.8 Å². The summed E-state index contributed by atoms with van der Waals surface area (Å²) in [4.78, 5) is 0. The highest BCUT2D eigenvalue weighted by atomic mass is 16.5. The van der Waals surface area contributed by atoms with Crippen LogP contribution >= 0.6 is 0 Å². The zero-order valence-corrected chi connectivity index (χ0v) is 13.4. The largest absolute Gasteiger partial charge is 0.376 e. The molecule has 0 aliphatic heterocycles. The second-order valence-electron chi connectivity index (χ2n) is 6.45. The van der Waals surface area contributed by atoms with E-state index in [-0.39, 0.29) is 17.6 Å². The van der Waals surface area contributed by atoms with E-state index in [1.54, 1.807) is 0 Å². The van der Waals surface area contributed by atoms with E-state index >= 15 is 0 Å². The van der Waals surface area contributed by atoms with Crippen LogP contribution in [0.2, 0.25) is 0 Å². The SMILES string of the molecule is CCOC(C(NN)c1cccc2ccccc12)C(C)(C)C. The molecule has 0 amide bonds. The third-order valence-corrected chi connectivity index (χ3v) is 3.84. The second kappa shape index (κ2) is 6.56. The molecule has 114 valence electrons. The maximum Gasteiger partial charge on any atom is 0.0830 e. The van der Waals surface area contributed by atoms with Crippen LogP contribution in [0, 0.1) is 5.41 Å². The van der Waals surface area contributed by atoms with Crippen LogP contribution in [-0.4, -0.2) is 12.7 Å². The standard InChI is InChI=1S/C18H26N2O/c1-5-21-17(18(2,3)4)16(20-19)15-12-8-10-13-9-6-7-11-14(13)15/h6-12,16-17,20H,5,19H2,1-4H3. The average Bonchev–Trinajstić information content (AvgIpc) is 2.46. The van der Waals surface area contributed by atoms with Gasteiger partial charge in [-0.1, -0.05) is 63.2 Å². The van der Waals surface area contributed by atoms with Crippen molar-refractivity contribution in [3.63, 3.8) is 0 Å². The van der Waals surface area contributed by atoms with Gasteiger partial charge in [0.1, 0.15) is 0 Å². The predicted molar refractivity (Wildman–Crippen MR) is 88.9 cm³/mol. The highest BCUT2D eigenvalue weighted by molar-refractivity contribution is 5.86. The molecular weight excluding hydrogens is 260 g/mol. The van der Waals surface area contributed by atoms with Crippen LogP contribution < -0.4 is 11.3 Å². The summed E-state index contributed by atoms with van der Waals surface area (Å²) in [5, 5.41) is 2.44. The van der Waals surface area contributed by atoms with Crippen LogP contribution in [0.4, 0.5) is 0 Å². The molecule has 2 unspecified atom stereocenters. The monoisotopic (exact) mass is 286 g/mol. The number of hydrazine groups is 1. The Morgan fingerprint density at radius 2 is 1.76 bits per heavy atom. The molecule has 0 aromatic heterocycles. The lowest BCUT2D eigenvalue weighted by Gasteiger charge is -2.37. The molecule has 0 radical (unpaired) electrons. The number of benzene rings is 2. The fraction of sp³-hybridized carbons (Fsp3) is 0.444. The molecule has 3 nitrogen and oxygen atoms in total. The number of hydrogen-bond acceptors (Lipinski definition) is 3. The van der Waals surface area contributed by atoms with E-state index in [4.69, 9.17) is 10.6 Å². The first-order valence-electron chi connectivity index (χ1n) is 7.54. The summed E-state index contributed by atoms with van der Waals surface area (Å²) in [6, 6.07) is 14.7. The zero-order chi connectivity index (χ0) is 15.5. The van der Waals surface area contributed by atoms with Crippen molar-refractivity contribution in [3.05, 3.63) is 48.0 Å². The summed E-state index contributed by atoms with van der Waals surface area (Å²) < 4.78 is 6.02. The number of hydrogen-bond donors (Lipinski definition) is 2. The van der Waals surface area contributed by atoms with Gasteiger partial charge in [0.15, 0.2) is 0 Å². The molecule has 0 saturated heterocycles. The third kappa shape index (κ3) is 3.43. The lowest BCUT2D eigenvalue weighted by atomic mass is 9.81. The topological polar surface area (TPSA) is 47.3 Å². The maximum absolute atomic E-state index is 6.02. The molecule has 0 bridgehead atoms. The highest BCUT2D eigenvalue weighted by Gasteiger charge is 2.34. The molecular formula is C18H26N2O. The summed E-state index contributed by atoms with van der Waals surface area (Å²) in [5.74, 6) is 5.89. The molecule has 2 atom stereocenters. The molecule has 0 fully saturated rings. The maximum atomic E-state index is 6.02. The van der Waals surface area contributed by atoms with E-state index in [2.05, 4.69) is 68.7 Å². The number of nitrogens with one attached hydrogen (secondary N) is 1. The van der Waals surface area contributed by atoms with Gasteiger partial charge in [0.25, 0.3) is 0 Å². The van der Waals surface area contributed by atoms with Gasteiger partial charge in [0.05, 0.1) is 12.1 Å². The summed E-state index contributed by atoms with van der Waals surface area (Å²) in [6.45, 7) is 9.24. The van der Waals surface area contributed by atoms with Crippen molar-refractivity contribution < 1.29 is 4.74 Å². The number of rotatable bonds is 5. The highest BCUT2D eigenvalue weighted by Crippen LogP contribution is 2.35. The molecule has 3 heteroatoms. The van der Waals surface area contributed by atoms with Crippen molar-refractivity contribution in [3.8, 4) is 0 Å². The van der Waals surface area contributed by atoms with Gasteiger partial charge in [0.2, 0.25) is 0 Å². The minimum atomic E-state index is -0.0453. The number of nitrogens with two attached hydrogens (primary N) is 1. The molecule has 0 aliphatic carbocycles. The summed E-state index contributed by atoms with van der Waals surface area (Å²) in [6.07, 6.45) is -0.00157. The number of fused-ring (bicyclic) bond motifs is 1. The molecule has 2 aromatic carbocycles. The van der Waals surface area contributed by atoms with Gasteiger partial charge < -0.3 is 4.74 Å². The molecule has 2 aromatic rings. The fourth-order valence-corrected chi connectivity index (χ4v) is 2.89. The van der Waals surface area contributed by atoms with Gasteiger partial charge >= 0.3 is 0 Å². The van der Waals surface area contributed by atoms with Crippen molar-refractivity contribution in [1.29, 1.82) is 0 Å². The lowest BCUT2D eigenvalue weighted by molar-refractivity contribution is -0.0363. The second-order valence-corrected chi connectivity index (χ2v) is 6.45. The number of ether oxygens (including phenoxy) is 1. The molecule has 2 rings (SSSR count). The smallest absolute Gasteiger partial charge is 0.0830 e. The molecule has 3 N–H and O–H groups in total. The van der Waals surface area contributed by atoms with Crippen molar-refractivity contribution in [2.24, 2.45) is 11.3 Å². The van der Waals surface area contributed by atoms with Crippen molar-refractivity contribution in [2.75, 3.05) is 6.61 Å².